The quantitative estimate of drug-likeness (QED) is 0.732. The Balaban J connectivity index is 1.65. The number of hydrogen-bond acceptors (Lipinski definition) is 7. The van der Waals surface area contributed by atoms with E-state index in [-0.39, 0.29) is 13.0 Å². The maximum absolute atomic E-state index is 6.07. The fraction of sp³-hybridized carbons (Fsp3) is 0.565. The summed E-state index contributed by atoms with van der Waals surface area (Å²) in [5.41, 5.74) is 4.32. The zero-order valence-electron chi connectivity index (χ0n) is 18.3. The number of hydrogen-bond donors (Lipinski definition) is 0. The standard InChI is InChI=1S/C23H31N3O4/c1-24(2)12-10-16-9-11-23-19(13-16)22-25(30-15-29-22)14-20(23)17-7-5-6-8-18(17)21(27-3)26(23)28-4/h5-8,14,16,21H,9-13,15H2,1-4H3. The van der Waals surface area contributed by atoms with Gasteiger partial charge in [0, 0.05) is 30.0 Å². The first-order valence-corrected chi connectivity index (χ1v) is 10.7. The summed E-state index contributed by atoms with van der Waals surface area (Å²) in [6, 6.07) is 8.44. The molecule has 0 N–H and O–H groups in total. The van der Waals surface area contributed by atoms with Gasteiger partial charge < -0.3 is 14.4 Å². The Morgan fingerprint density at radius 2 is 2.07 bits per heavy atom. The Hall–Kier alpha value is -1.90. The van der Waals surface area contributed by atoms with Crippen molar-refractivity contribution >= 4 is 5.57 Å². The van der Waals surface area contributed by atoms with Crippen molar-refractivity contribution in [1.82, 2.24) is 15.0 Å². The van der Waals surface area contributed by atoms with Crippen LogP contribution in [0.25, 0.3) is 5.57 Å². The van der Waals surface area contributed by atoms with Gasteiger partial charge in [-0.05, 0) is 57.8 Å². The van der Waals surface area contributed by atoms with Crippen molar-refractivity contribution in [1.29, 1.82) is 0 Å². The summed E-state index contributed by atoms with van der Waals surface area (Å²) in [6.07, 6.45) is 6.00. The molecule has 1 aliphatic carbocycles. The summed E-state index contributed by atoms with van der Waals surface area (Å²) in [5, 5.41) is 3.86. The van der Waals surface area contributed by atoms with Crippen LogP contribution in [-0.2, 0) is 19.1 Å². The normalized spacial score (nSPS) is 30.4. The van der Waals surface area contributed by atoms with Crippen molar-refractivity contribution in [3.63, 3.8) is 0 Å². The molecule has 7 nitrogen and oxygen atoms in total. The molecule has 0 bridgehead atoms. The molecule has 3 aliphatic heterocycles. The first-order chi connectivity index (χ1) is 14.6. The van der Waals surface area contributed by atoms with Gasteiger partial charge in [0.1, 0.15) is 5.54 Å². The van der Waals surface area contributed by atoms with Crippen LogP contribution < -0.4 is 0 Å². The lowest BCUT2D eigenvalue weighted by Crippen LogP contribution is -2.59. The average Bonchev–Trinajstić information content (AvgIpc) is 3.24. The van der Waals surface area contributed by atoms with E-state index in [1.54, 1.807) is 14.2 Å². The Morgan fingerprint density at radius 1 is 1.23 bits per heavy atom. The second kappa shape index (κ2) is 7.66. The number of fused-ring (bicyclic) bond motifs is 3. The van der Waals surface area contributed by atoms with Crippen LogP contribution in [0.5, 0.6) is 0 Å². The molecule has 1 aromatic rings. The fourth-order valence-electron chi connectivity index (χ4n) is 5.59. The highest BCUT2D eigenvalue weighted by Crippen LogP contribution is 2.59. The Kier molecular flexibility index (Phi) is 5.11. The van der Waals surface area contributed by atoms with Gasteiger partial charge in [-0.15, -0.1) is 5.06 Å². The van der Waals surface area contributed by atoms with Gasteiger partial charge in [0.25, 0.3) is 0 Å². The molecular weight excluding hydrogens is 382 g/mol. The van der Waals surface area contributed by atoms with Crippen LogP contribution in [-0.4, -0.2) is 62.2 Å². The minimum absolute atomic E-state index is 0.239. The van der Waals surface area contributed by atoms with Crippen LogP contribution in [0, 0.1) is 5.92 Å². The lowest BCUT2D eigenvalue weighted by molar-refractivity contribution is -0.274. The van der Waals surface area contributed by atoms with E-state index < -0.39 is 5.54 Å². The van der Waals surface area contributed by atoms with E-state index in [0.717, 1.165) is 43.7 Å². The van der Waals surface area contributed by atoms with Crippen molar-refractivity contribution in [2.75, 3.05) is 41.7 Å². The predicted molar refractivity (Wildman–Crippen MR) is 112 cm³/mol. The molecule has 2 fully saturated rings. The molecule has 4 aliphatic rings. The average molecular weight is 414 g/mol. The third-order valence-electron chi connectivity index (χ3n) is 6.95. The molecule has 0 radical (unpaired) electrons. The maximum atomic E-state index is 6.07. The lowest BCUT2D eigenvalue weighted by Gasteiger charge is -2.56. The number of rotatable bonds is 5. The third kappa shape index (κ3) is 2.84. The minimum Gasteiger partial charge on any atom is -0.448 e. The molecular formula is C23H31N3O4. The Bertz CT molecular complexity index is 883. The first kappa shape index (κ1) is 20.0. The van der Waals surface area contributed by atoms with Crippen LogP contribution in [0.15, 0.2) is 41.9 Å². The largest absolute Gasteiger partial charge is 0.448 e. The second-order valence-electron chi connectivity index (χ2n) is 8.79. The van der Waals surface area contributed by atoms with Crippen LogP contribution in [0.3, 0.4) is 0 Å². The Morgan fingerprint density at radius 3 is 2.83 bits per heavy atom. The van der Waals surface area contributed by atoms with E-state index in [0.29, 0.717) is 5.92 Å². The zero-order valence-corrected chi connectivity index (χ0v) is 18.3. The summed E-state index contributed by atoms with van der Waals surface area (Å²) in [7, 11) is 7.76. The highest BCUT2D eigenvalue weighted by molar-refractivity contribution is 5.82. The van der Waals surface area contributed by atoms with Crippen LogP contribution in [0.1, 0.15) is 43.0 Å². The van der Waals surface area contributed by atoms with Crippen molar-refractivity contribution in [2.24, 2.45) is 5.92 Å². The predicted octanol–water partition coefficient (Wildman–Crippen LogP) is 3.49. The molecule has 1 saturated carbocycles. The number of methoxy groups -OCH3 is 1. The molecule has 3 heterocycles. The Labute approximate surface area is 178 Å². The molecule has 1 saturated heterocycles. The SMILES string of the molecule is COC1c2ccccc2C2=CN3OCOC3=C3CC(CCN(C)C)CCC23N1OC. The van der Waals surface area contributed by atoms with E-state index >= 15 is 0 Å². The van der Waals surface area contributed by atoms with Crippen molar-refractivity contribution in [3.8, 4) is 0 Å². The van der Waals surface area contributed by atoms with Crippen molar-refractivity contribution in [3.05, 3.63) is 53.0 Å². The van der Waals surface area contributed by atoms with E-state index in [1.165, 1.54) is 16.7 Å². The van der Waals surface area contributed by atoms with Crippen LogP contribution in [0.4, 0.5) is 0 Å². The number of ether oxygens (including phenoxy) is 2. The van der Waals surface area contributed by atoms with E-state index in [9.17, 15) is 0 Å². The summed E-state index contributed by atoms with van der Waals surface area (Å²) in [4.78, 5) is 14.1. The minimum atomic E-state index is -0.419. The fourth-order valence-corrected chi connectivity index (χ4v) is 5.59. The van der Waals surface area contributed by atoms with Crippen molar-refractivity contribution < 1.29 is 19.1 Å². The molecule has 1 aromatic carbocycles. The van der Waals surface area contributed by atoms with Crippen LogP contribution in [0.2, 0.25) is 0 Å². The van der Waals surface area contributed by atoms with Gasteiger partial charge in [-0.25, -0.2) is 4.84 Å². The van der Waals surface area contributed by atoms with Gasteiger partial charge >= 0.3 is 0 Å². The monoisotopic (exact) mass is 413 g/mol. The second-order valence-corrected chi connectivity index (χ2v) is 8.79. The molecule has 162 valence electrons. The zero-order chi connectivity index (χ0) is 20.9. The number of benzene rings is 1. The first-order valence-electron chi connectivity index (χ1n) is 10.7. The molecule has 0 aromatic heterocycles. The van der Waals surface area contributed by atoms with Gasteiger partial charge in [0.2, 0.25) is 12.7 Å². The van der Waals surface area contributed by atoms with Gasteiger partial charge in [-0.3, -0.25) is 4.84 Å². The summed E-state index contributed by atoms with van der Waals surface area (Å²) < 4.78 is 12.0. The third-order valence-corrected chi connectivity index (χ3v) is 6.95. The van der Waals surface area contributed by atoms with E-state index in [2.05, 4.69) is 49.5 Å². The van der Waals surface area contributed by atoms with Gasteiger partial charge in [-0.2, -0.15) is 5.06 Å². The number of hydroxylamine groups is 4. The van der Waals surface area contributed by atoms with Gasteiger partial charge in [0.15, 0.2) is 6.23 Å². The van der Waals surface area contributed by atoms with Gasteiger partial charge in [-0.1, -0.05) is 24.3 Å². The van der Waals surface area contributed by atoms with E-state index in [1.807, 2.05) is 10.1 Å². The molecule has 1 spiro atoms. The van der Waals surface area contributed by atoms with Crippen molar-refractivity contribution in [2.45, 2.75) is 37.5 Å². The summed E-state index contributed by atoms with van der Waals surface area (Å²) >= 11 is 0. The smallest absolute Gasteiger partial charge is 0.221 e. The highest BCUT2D eigenvalue weighted by atomic mass is 16.8. The maximum Gasteiger partial charge on any atom is 0.221 e. The summed E-state index contributed by atoms with van der Waals surface area (Å²) in [5.74, 6) is 1.42. The molecule has 0 amide bonds. The molecule has 3 unspecified atom stereocenters. The lowest BCUT2D eigenvalue weighted by atomic mass is 9.63. The topological polar surface area (TPSA) is 46.6 Å². The molecule has 3 atom stereocenters. The molecule has 7 heteroatoms. The van der Waals surface area contributed by atoms with Gasteiger partial charge in [0.05, 0.1) is 7.11 Å². The van der Waals surface area contributed by atoms with Crippen LogP contribution >= 0.6 is 0 Å². The summed E-state index contributed by atoms with van der Waals surface area (Å²) in [6.45, 7) is 1.32. The van der Waals surface area contributed by atoms with E-state index in [4.69, 9.17) is 19.1 Å². The molecule has 30 heavy (non-hydrogen) atoms. The highest BCUT2D eigenvalue weighted by Gasteiger charge is 2.58. The molecule has 5 rings (SSSR count). The number of nitrogens with zero attached hydrogens (tertiary/aromatic N) is 3.